The van der Waals surface area contributed by atoms with Crippen LogP contribution in [0.3, 0.4) is 0 Å². The van der Waals surface area contributed by atoms with E-state index in [0.29, 0.717) is 11.1 Å². The third-order valence-electron chi connectivity index (χ3n) is 7.65. The number of hydrogen-bond donors (Lipinski definition) is 0. The standard InChI is InChI=1S/C24H16F2NS.C14H16NSi.Ir/c1-13(2)18-10-21(27-12-20(18)26)16-8-5-9-17-23-15-7-4-3-6-14(15)19(25)11-22(23)28-24(16)17;1-16(2,3)13-9-10-14(15-11-13)12-7-5-4-6-8-12;/h3-7,9-13H,1-2H3;4-7,9-11H,1-3H3;/q2*-1;/i13D;;. The van der Waals surface area contributed by atoms with Gasteiger partial charge < -0.3 is 9.97 Å². The number of halogens is 2. The molecular weight excluding hydrogens is 775 g/mol. The summed E-state index contributed by atoms with van der Waals surface area (Å²) in [4.78, 5) is 8.78. The Morgan fingerprint density at radius 3 is 2.18 bits per heavy atom. The van der Waals surface area contributed by atoms with Crippen LogP contribution in [-0.4, -0.2) is 18.0 Å². The van der Waals surface area contributed by atoms with Crippen LogP contribution in [0.25, 0.3) is 53.5 Å². The van der Waals surface area contributed by atoms with Gasteiger partial charge in [0, 0.05) is 37.8 Å². The topological polar surface area (TPSA) is 25.8 Å². The van der Waals surface area contributed by atoms with Gasteiger partial charge >= 0.3 is 0 Å². The Hall–Kier alpha value is -3.61. The van der Waals surface area contributed by atoms with Crippen molar-refractivity contribution >= 4 is 55.5 Å². The molecule has 2 nitrogen and oxygen atoms in total. The molecule has 45 heavy (non-hydrogen) atoms. The molecule has 0 aliphatic carbocycles. The molecule has 0 unspecified atom stereocenters. The maximum Gasteiger partial charge on any atom is 0.143 e. The summed E-state index contributed by atoms with van der Waals surface area (Å²) in [5.74, 6) is -1.83. The first-order valence-corrected chi connectivity index (χ1v) is 18.8. The Kier molecular flexibility index (Phi) is 9.34. The summed E-state index contributed by atoms with van der Waals surface area (Å²) in [5, 5.41) is 4.85. The molecule has 7 rings (SSSR count). The van der Waals surface area contributed by atoms with Gasteiger partial charge in [0.2, 0.25) is 0 Å². The molecule has 4 aromatic carbocycles. The molecule has 0 aliphatic rings. The monoisotopic (exact) mass is 808 g/mol. The second-order valence-corrected chi connectivity index (χ2v) is 18.1. The number of benzene rings is 4. The van der Waals surface area contributed by atoms with E-state index in [-0.39, 0.29) is 31.5 Å². The predicted molar refractivity (Wildman–Crippen MR) is 184 cm³/mol. The van der Waals surface area contributed by atoms with E-state index in [9.17, 15) is 8.78 Å². The van der Waals surface area contributed by atoms with E-state index in [1.165, 1.54) is 16.5 Å². The minimum Gasteiger partial charge on any atom is -0.305 e. The average Bonchev–Trinajstić information content (AvgIpc) is 3.40. The molecule has 0 fully saturated rings. The van der Waals surface area contributed by atoms with E-state index in [1.807, 2.05) is 60.8 Å². The molecule has 0 aliphatic heterocycles. The smallest absolute Gasteiger partial charge is 0.143 e. The van der Waals surface area contributed by atoms with Gasteiger partial charge in [-0.25, -0.2) is 8.78 Å². The third-order valence-corrected chi connectivity index (χ3v) is 10.9. The van der Waals surface area contributed by atoms with E-state index < -0.39 is 19.8 Å². The molecule has 3 aromatic heterocycles. The zero-order valence-electron chi connectivity index (χ0n) is 26.6. The Morgan fingerprint density at radius 1 is 0.778 bits per heavy atom. The first-order valence-electron chi connectivity index (χ1n) is 15.0. The average molecular weight is 808 g/mol. The number of aromatic nitrogens is 2. The largest absolute Gasteiger partial charge is 0.305 e. The Morgan fingerprint density at radius 2 is 1.51 bits per heavy atom. The van der Waals surface area contributed by atoms with Gasteiger partial charge in [-0.3, -0.25) is 0 Å². The fourth-order valence-corrected chi connectivity index (χ4v) is 7.55. The van der Waals surface area contributed by atoms with Gasteiger partial charge in [0.1, 0.15) is 11.6 Å². The number of pyridine rings is 2. The summed E-state index contributed by atoms with van der Waals surface area (Å²) < 4.78 is 38.9. The molecule has 0 spiro atoms. The van der Waals surface area contributed by atoms with Crippen LogP contribution in [0.15, 0.2) is 97.3 Å². The summed E-state index contributed by atoms with van der Waals surface area (Å²) in [6.45, 7) is 10.3. The van der Waals surface area contributed by atoms with Crippen molar-refractivity contribution in [1.29, 1.82) is 0 Å². The predicted octanol–water partition coefficient (Wildman–Crippen LogP) is 10.6. The van der Waals surface area contributed by atoms with Crippen LogP contribution in [0.1, 0.15) is 26.7 Å². The van der Waals surface area contributed by atoms with Crippen LogP contribution in [0.5, 0.6) is 0 Å². The van der Waals surface area contributed by atoms with E-state index in [4.69, 9.17) is 1.37 Å². The summed E-state index contributed by atoms with van der Waals surface area (Å²) in [7, 11) is -1.23. The van der Waals surface area contributed by atoms with Crippen LogP contribution in [0, 0.1) is 23.8 Å². The maximum absolute atomic E-state index is 14.6. The fraction of sp³-hybridized carbons (Fsp3) is 0.158. The molecule has 229 valence electrons. The van der Waals surface area contributed by atoms with Crippen molar-refractivity contribution in [2.45, 2.75) is 39.4 Å². The van der Waals surface area contributed by atoms with E-state index in [0.717, 1.165) is 48.6 Å². The van der Waals surface area contributed by atoms with Gasteiger partial charge in [0.25, 0.3) is 0 Å². The third kappa shape index (κ3) is 6.68. The molecule has 0 bridgehead atoms. The number of rotatable bonds is 4. The molecule has 0 N–H and O–H groups in total. The molecule has 7 heteroatoms. The minimum absolute atomic E-state index is 0. The zero-order valence-corrected chi connectivity index (χ0v) is 29.8. The Balaban J connectivity index is 0.000000209. The molecule has 1 radical (unpaired) electrons. The normalized spacial score (nSPS) is 12.0. The summed E-state index contributed by atoms with van der Waals surface area (Å²) in [6, 6.07) is 33.1. The van der Waals surface area contributed by atoms with Crippen molar-refractivity contribution in [2.75, 3.05) is 0 Å². The van der Waals surface area contributed by atoms with Gasteiger partial charge in [-0.1, -0.05) is 81.3 Å². The van der Waals surface area contributed by atoms with Gasteiger partial charge in [0.15, 0.2) is 0 Å². The second kappa shape index (κ2) is 13.4. The minimum atomic E-state index is -1.23. The van der Waals surface area contributed by atoms with Crippen LogP contribution in [0.4, 0.5) is 8.78 Å². The first kappa shape index (κ1) is 31.4. The van der Waals surface area contributed by atoms with E-state index >= 15 is 0 Å². The second-order valence-electron chi connectivity index (χ2n) is 12.0. The van der Waals surface area contributed by atoms with E-state index in [1.54, 1.807) is 32.0 Å². The van der Waals surface area contributed by atoms with Crippen LogP contribution < -0.4 is 5.19 Å². The van der Waals surface area contributed by atoms with Crippen LogP contribution >= 0.6 is 11.3 Å². The van der Waals surface area contributed by atoms with E-state index in [2.05, 4.69) is 53.9 Å². The number of hydrogen-bond acceptors (Lipinski definition) is 3. The van der Waals surface area contributed by atoms with Gasteiger partial charge in [-0.15, -0.1) is 59.7 Å². The van der Waals surface area contributed by atoms with Gasteiger partial charge in [-0.2, -0.15) is 11.3 Å². The first-order chi connectivity index (χ1) is 21.4. The Labute approximate surface area is 283 Å². The molecule has 0 saturated heterocycles. The number of fused-ring (bicyclic) bond motifs is 5. The van der Waals surface area contributed by atoms with Crippen LogP contribution in [-0.2, 0) is 20.1 Å². The Bertz CT molecular complexity index is 2160. The quantitative estimate of drug-likeness (QED) is 0.131. The molecule has 3 heterocycles. The molecular formula is C38H32F2IrN2SSi-2. The van der Waals surface area contributed by atoms with Gasteiger partial charge in [0.05, 0.1) is 14.3 Å². The number of nitrogens with zero attached hydrogens (tertiary/aromatic N) is 2. The summed E-state index contributed by atoms with van der Waals surface area (Å²) in [5.41, 5.74) is 3.64. The van der Waals surface area contributed by atoms with Crippen molar-refractivity contribution in [3.63, 3.8) is 0 Å². The molecule has 7 aromatic rings. The SMILES string of the molecule is C[Si](C)(C)c1ccc(-c2[c-]cccc2)nc1.[2H]C(C)(C)c1cc(-c2[c-]ccc3c2sc2cc(F)c4ccccc4c23)ncc1F.[Ir]. The van der Waals surface area contributed by atoms with Crippen molar-refractivity contribution in [2.24, 2.45) is 0 Å². The van der Waals surface area contributed by atoms with Crippen molar-refractivity contribution < 1.29 is 30.3 Å². The fourth-order valence-electron chi connectivity index (χ4n) is 5.26. The molecule has 0 amide bonds. The maximum atomic E-state index is 14.6. The van der Waals surface area contributed by atoms with Gasteiger partial charge in [-0.05, 0) is 49.6 Å². The zero-order chi connectivity index (χ0) is 31.9. The van der Waals surface area contributed by atoms with Crippen molar-refractivity contribution in [3.05, 3.63) is 127 Å². The van der Waals surface area contributed by atoms with Crippen molar-refractivity contribution in [1.82, 2.24) is 9.97 Å². The number of thiophene rings is 1. The van der Waals surface area contributed by atoms with Crippen LogP contribution in [0.2, 0.25) is 19.6 Å². The molecule has 0 atom stereocenters. The summed E-state index contributed by atoms with van der Waals surface area (Å²) >= 11 is 1.48. The van der Waals surface area contributed by atoms with Crippen molar-refractivity contribution in [3.8, 4) is 22.5 Å². The molecule has 0 saturated carbocycles. The summed E-state index contributed by atoms with van der Waals surface area (Å²) in [6.07, 6.45) is 3.18.